The Morgan fingerprint density at radius 3 is 2.11 bits per heavy atom. The molecule has 0 saturated heterocycles. The molecule has 1 N–H and O–H groups in total. The van der Waals surface area contributed by atoms with Crippen LogP contribution in [0.3, 0.4) is 0 Å². The number of carbonyl (C=O) groups excluding carboxylic acids is 3. The molecule has 0 aromatic heterocycles. The predicted octanol–water partition coefficient (Wildman–Crippen LogP) is 3.75. The largest absolute Gasteiger partial charge is 0.497 e. The minimum atomic E-state index is -0.376. The fourth-order valence-electron chi connectivity index (χ4n) is 3.09. The molecule has 6 nitrogen and oxygen atoms in total. The Hall–Kier alpha value is -3.93. The van der Waals surface area contributed by atoms with Crippen molar-refractivity contribution < 1.29 is 19.1 Å². The summed E-state index contributed by atoms with van der Waals surface area (Å²) in [5.74, 6) is -0.398. The van der Waals surface area contributed by atoms with Gasteiger partial charge in [-0.2, -0.15) is 0 Å². The molecule has 0 aliphatic carbocycles. The molecule has 6 heteroatoms. The zero-order chi connectivity index (χ0) is 19.7. The van der Waals surface area contributed by atoms with Gasteiger partial charge < -0.3 is 10.1 Å². The van der Waals surface area contributed by atoms with Crippen LogP contribution in [0.5, 0.6) is 5.75 Å². The van der Waals surface area contributed by atoms with Gasteiger partial charge in [0.05, 0.1) is 23.9 Å². The summed E-state index contributed by atoms with van der Waals surface area (Å²) >= 11 is 0. The fourth-order valence-corrected chi connectivity index (χ4v) is 3.09. The van der Waals surface area contributed by atoms with Gasteiger partial charge >= 0.3 is 0 Å². The van der Waals surface area contributed by atoms with Gasteiger partial charge in [0.2, 0.25) is 0 Å². The van der Waals surface area contributed by atoms with Gasteiger partial charge in [-0.1, -0.05) is 18.2 Å². The molecule has 0 unspecified atom stereocenters. The van der Waals surface area contributed by atoms with Crippen LogP contribution in [0, 0.1) is 0 Å². The number of hydrogen-bond acceptors (Lipinski definition) is 4. The molecule has 138 valence electrons. The third-order valence-corrected chi connectivity index (χ3v) is 4.51. The molecule has 3 amide bonds. The van der Waals surface area contributed by atoms with E-state index in [0.717, 1.165) is 4.90 Å². The van der Waals surface area contributed by atoms with Crippen LogP contribution in [0.2, 0.25) is 0 Å². The third kappa shape index (κ3) is 3.01. The lowest BCUT2D eigenvalue weighted by Crippen LogP contribution is -2.29. The van der Waals surface area contributed by atoms with Gasteiger partial charge in [-0.25, -0.2) is 4.90 Å². The number of amides is 3. The number of benzene rings is 3. The molecule has 0 saturated carbocycles. The Labute approximate surface area is 161 Å². The van der Waals surface area contributed by atoms with Crippen LogP contribution in [-0.4, -0.2) is 24.8 Å². The SMILES string of the molecule is COc1ccc(C(=O)Nc2cccc(N3C(=O)c4ccccc4C3=O)c2)cc1. The van der Waals surface area contributed by atoms with E-state index >= 15 is 0 Å². The molecule has 28 heavy (non-hydrogen) atoms. The Bertz CT molecular complexity index is 1050. The summed E-state index contributed by atoms with van der Waals surface area (Å²) in [5, 5.41) is 2.78. The second kappa shape index (κ2) is 7.00. The molecule has 0 fully saturated rings. The lowest BCUT2D eigenvalue weighted by atomic mass is 10.1. The van der Waals surface area contributed by atoms with Gasteiger partial charge in [0.15, 0.2) is 0 Å². The van der Waals surface area contributed by atoms with Crippen molar-refractivity contribution in [3.63, 3.8) is 0 Å². The average Bonchev–Trinajstić information content (AvgIpc) is 2.99. The van der Waals surface area contributed by atoms with Crippen molar-refractivity contribution in [3.8, 4) is 5.75 Å². The van der Waals surface area contributed by atoms with Crippen LogP contribution >= 0.6 is 0 Å². The van der Waals surface area contributed by atoms with Gasteiger partial charge in [0, 0.05) is 11.3 Å². The highest BCUT2D eigenvalue weighted by atomic mass is 16.5. The van der Waals surface area contributed by atoms with E-state index in [-0.39, 0.29) is 17.7 Å². The van der Waals surface area contributed by atoms with Crippen LogP contribution in [0.4, 0.5) is 11.4 Å². The van der Waals surface area contributed by atoms with Crippen molar-refractivity contribution in [1.29, 1.82) is 0 Å². The normalized spacial score (nSPS) is 12.7. The second-order valence-electron chi connectivity index (χ2n) is 6.22. The molecule has 1 heterocycles. The van der Waals surface area contributed by atoms with E-state index in [1.165, 1.54) is 0 Å². The quantitative estimate of drug-likeness (QED) is 0.708. The number of ether oxygens (including phenoxy) is 1. The number of anilines is 2. The van der Waals surface area contributed by atoms with E-state index in [2.05, 4.69) is 5.32 Å². The molecule has 3 aromatic carbocycles. The van der Waals surface area contributed by atoms with Crippen molar-refractivity contribution in [2.75, 3.05) is 17.3 Å². The molecule has 0 bridgehead atoms. The number of carbonyl (C=O) groups is 3. The molecular formula is C22H16N2O4. The van der Waals surface area contributed by atoms with Gasteiger partial charge in [-0.05, 0) is 54.6 Å². The maximum Gasteiger partial charge on any atom is 0.266 e. The van der Waals surface area contributed by atoms with Crippen LogP contribution in [-0.2, 0) is 0 Å². The highest BCUT2D eigenvalue weighted by molar-refractivity contribution is 6.34. The molecule has 1 aliphatic heterocycles. The number of fused-ring (bicyclic) bond motifs is 1. The first-order valence-electron chi connectivity index (χ1n) is 8.62. The van der Waals surface area contributed by atoms with E-state index in [4.69, 9.17) is 4.74 Å². The van der Waals surface area contributed by atoms with Crippen molar-refractivity contribution in [3.05, 3.63) is 89.5 Å². The fraction of sp³-hybridized carbons (Fsp3) is 0.0455. The molecule has 4 rings (SSSR count). The predicted molar refractivity (Wildman–Crippen MR) is 105 cm³/mol. The van der Waals surface area contributed by atoms with Crippen LogP contribution in [0.1, 0.15) is 31.1 Å². The Morgan fingerprint density at radius 2 is 1.50 bits per heavy atom. The highest BCUT2D eigenvalue weighted by Gasteiger charge is 2.36. The number of nitrogens with one attached hydrogen (secondary N) is 1. The van der Waals surface area contributed by atoms with E-state index in [1.807, 2.05) is 0 Å². The van der Waals surface area contributed by atoms with Crippen LogP contribution in [0.25, 0.3) is 0 Å². The second-order valence-corrected chi connectivity index (χ2v) is 6.22. The minimum absolute atomic E-state index is 0.304. The molecule has 1 aliphatic rings. The van der Waals surface area contributed by atoms with E-state index < -0.39 is 0 Å². The van der Waals surface area contributed by atoms with Crippen molar-refractivity contribution in [2.45, 2.75) is 0 Å². The van der Waals surface area contributed by atoms with Crippen molar-refractivity contribution in [2.24, 2.45) is 0 Å². The molecule has 0 atom stereocenters. The summed E-state index contributed by atoms with van der Waals surface area (Å²) in [6.07, 6.45) is 0. The smallest absolute Gasteiger partial charge is 0.266 e. The summed E-state index contributed by atoms with van der Waals surface area (Å²) in [4.78, 5) is 38.8. The maximum atomic E-state index is 12.6. The monoisotopic (exact) mass is 372 g/mol. The van der Waals surface area contributed by atoms with Gasteiger partial charge in [0.25, 0.3) is 17.7 Å². The first-order valence-corrected chi connectivity index (χ1v) is 8.62. The number of methoxy groups -OCH3 is 1. The standard InChI is InChI=1S/C22H16N2O4/c1-28-17-11-9-14(10-12-17)20(25)23-15-5-4-6-16(13-15)24-21(26)18-7-2-3-8-19(18)22(24)27/h2-13H,1H3,(H,23,25). The lowest BCUT2D eigenvalue weighted by molar-refractivity contribution is 0.0925. The molecule has 0 spiro atoms. The molecule has 3 aromatic rings. The zero-order valence-electron chi connectivity index (χ0n) is 15.0. The summed E-state index contributed by atoms with van der Waals surface area (Å²) in [7, 11) is 1.56. The number of rotatable bonds is 4. The van der Waals surface area contributed by atoms with Crippen molar-refractivity contribution >= 4 is 29.1 Å². The lowest BCUT2D eigenvalue weighted by Gasteiger charge is -2.15. The van der Waals surface area contributed by atoms with E-state index in [0.29, 0.717) is 33.8 Å². The summed E-state index contributed by atoms with van der Waals surface area (Å²) in [6, 6.07) is 20.0. The van der Waals surface area contributed by atoms with E-state index in [1.54, 1.807) is 79.9 Å². The maximum absolute atomic E-state index is 12.6. The number of nitrogens with zero attached hydrogens (tertiary/aromatic N) is 1. The topological polar surface area (TPSA) is 75.7 Å². The molecular weight excluding hydrogens is 356 g/mol. The molecule has 0 radical (unpaired) electrons. The van der Waals surface area contributed by atoms with Crippen LogP contribution < -0.4 is 15.0 Å². The zero-order valence-corrected chi connectivity index (χ0v) is 15.0. The van der Waals surface area contributed by atoms with E-state index in [9.17, 15) is 14.4 Å². The highest BCUT2D eigenvalue weighted by Crippen LogP contribution is 2.29. The van der Waals surface area contributed by atoms with Crippen molar-refractivity contribution in [1.82, 2.24) is 0 Å². The Morgan fingerprint density at radius 1 is 0.857 bits per heavy atom. The van der Waals surface area contributed by atoms with Crippen LogP contribution in [0.15, 0.2) is 72.8 Å². The summed E-state index contributed by atoms with van der Waals surface area (Å²) in [5.41, 5.74) is 2.10. The summed E-state index contributed by atoms with van der Waals surface area (Å²) in [6.45, 7) is 0. The summed E-state index contributed by atoms with van der Waals surface area (Å²) < 4.78 is 5.09. The number of hydrogen-bond donors (Lipinski definition) is 1. The first kappa shape index (κ1) is 17.5. The van der Waals surface area contributed by atoms with Gasteiger partial charge in [-0.3, -0.25) is 14.4 Å². The Balaban J connectivity index is 1.58. The first-order chi connectivity index (χ1) is 13.6. The Kier molecular flexibility index (Phi) is 4.37. The van der Waals surface area contributed by atoms with Gasteiger partial charge in [0.1, 0.15) is 5.75 Å². The third-order valence-electron chi connectivity index (χ3n) is 4.51. The minimum Gasteiger partial charge on any atom is -0.497 e. The number of imide groups is 1. The average molecular weight is 372 g/mol. The van der Waals surface area contributed by atoms with Gasteiger partial charge in [-0.15, -0.1) is 0 Å².